The van der Waals surface area contributed by atoms with Gasteiger partial charge in [0.2, 0.25) is 6.79 Å². The molecule has 192 valence electrons. The van der Waals surface area contributed by atoms with Crippen molar-refractivity contribution >= 4 is 33.4 Å². The Morgan fingerprint density at radius 2 is 1.76 bits per heavy atom. The van der Waals surface area contributed by atoms with Crippen molar-refractivity contribution in [3.63, 3.8) is 0 Å². The van der Waals surface area contributed by atoms with Crippen LogP contribution in [0.1, 0.15) is 74.8 Å². The summed E-state index contributed by atoms with van der Waals surface area (Å²) < 4.78 is 18.1. The summed E-state index contributed by atoms with van der Waals surface area (Å²) in [5, 5.41) is 0. The van der Waals surface area contributed by atoms with Gasteiger partial charge >= 0.3 is 5.97 Å². The number of nitrogens with zero attached hydrogens (tertiary/aromatic N) is 1. The molecule has 0 saturated heterocycles. The molecule has 0 spiro atoms. The Kier molecular flexibility index (Phi) is 6.65. The molecule has 37 heavy (non-hydrogen) atoms. The van der Waals surface area contributed by atoms with Crippen LogP contribution < -0.4 is 9.47 Å². The fraction of sp³-hybridized carbons (Fsp3) is 0.433. The quantitative estimate of drug-likeness (QED) is 0.390. The highest BCUT2D eigenvalue weighted by Gasteiger charge is 2.46. The van der Waals surface area contributed by atoms with E-state index in [1.165, 1.54) is 6.42 Å². The molecule has 0 amide bonds. The van der Waals surface area contributed by atoms with Crippen LogP contribution in [0.4, 0.5) is 0 Å². The van der Waals surface area contributed by atoms with Crippen molar-refractivity contribution in [2.75, 3.05) is 6.79 Å². The Labute approximate surface area is 225 Å². The van der Waals surface area contributed by atoms with Gasteiger partial charge in [-0.05, 0) is 68.2 Å². The van der Waals surface area contributed by atoms with Crippen molar-refractivity contribution in [2.24, 2.45) is 10.9 Å². The fourth-order valence-electron chi connectivity index (χ4n) is 6.25. The number of halogens is 1. The summed E-state index contributed by atoms with van der Waals surface area (Å²) in [6.07, 6.45) is 6.07. The number of ketones is 1. The van der Waals surface area contributed by atoms with Gasteiger partial charge in [-0.2, -0.15) is 0 Å². The zero-order valence-electron chi connectivity index (χ0n) is 20.9. The van der Waals surface area contributed by atoms with Crippen LogP contribution in [0.3, 0.4) is 0 Å². The predicted molar refractivity (Wildman–Crippen MR) is 143 cm³/mol. The number of rotatable bonds is 4. The molecule has 6 rings (SSSR count). The van der Waals surface area contributed by atoms with E-state index in [9.17, 15) is 9.59 Å². The third kappa shape index (κ3) is 4.63. The summed E-state index contributed by atoms with van der Waals surface area (Å²) in [5.74, 6) is -0.109. The highest BCUT2D eigenvalue weighted by molar-refractivity contribution is 9.10. The Balaban J connectivity index is 1.42. The molecule has 2 heterocycles. The Morgan fingerprint density at radius 1 is 1.03 bits per heavy atom. The molecule has 3 unspecified atom stereocenters. The highest BCUT2D eigenvalue weighted by atomic mass is 79.9. The van der Waals surface area contributed by atoms with Gasteiger partial charge in [0, 0.05) is 33.8 Å². The number of hydrogen-bond donors (Lipinski definition) is 0. The lowest BCUT2D eigenvalue weighted by Crippen LogP contribution is -2.39. The average molecular weight is 564 g/mol. The summed E-state index contributed by atoms with van der Waals surface area (Å²) in [4.78, 5) is 32.5. The van der Waals surface area contributed by atoms with Gasteiger partial charge in [-0.1, -0.05) is 52.7 Å². The SMILES string of the molecule is CC1=NC2=C(C(=O)CC(c3ccccc3)C2)C(c2cc3c(cc2Br)OCO3)C1C(=O)OC1CCCCC1. The van der Waals surface area contributed by atoms with Crippen molar-refractivity contribution in [2.45, 2.75) is 69.8 Å². The first-order chi connectivity index (χ1) is 18.0. The molecule has 2 aliphatic carbocycles. The van der Waals surface area contributed by atoms with E-state index in [1.54, 1.807) is 0 Å². The number of allylic oxidation sites excluding steroid dienone is 2. The number of carbonyl (C=O) groups excluding carboxylic acids is 2. The van der Waals surface area contributed by atoms with Gasteiger partial charge in [0.15, 0.2) is 17.3 Å². The van der Waals surface area contributed by atoms with Crippen molar-refractivity contribution in [3.8, 4) is 11.5 Å². The van der Waals surface area contributed by atoms with Crippen molar-refractivity contribution in [3.05, 3.63) is 69.3 Å². The van der Waals surface area contributed by atoms with E-state index in [4.69, 9.17) is 19.2 Å². The van der Waals surface area contributed by atoms with Gasteiger partial charge in [0.25, 0.3) is 0 Å². The van der Waals surface area contributed by atoms with Crippen molar-refractivity contribution in [1.82, 2.24) is 0 Å². The number of Topliss-reactive ketones (excluding diaryl/α,β-unsaturated/α-hetero) is 1. The molecular weight excluding hydrogens is 534 g/mol. The number of aliphatic imine (C=N–C) groups is 1. The van der Waals surface area contributed by atoms with Crippen LogP contribution >= 0.6 is 15.9 Å². The van der Waals surface area contributed by atoms with Crippen LogP contribution in [0.2, 0.25) is 0 Å². The second-order valence-corrected chi connectivity index (χ2v) is 11.3. The maximum Gasteiger partial charge on any atom is 0.315 e. The number of esters is 1. The van der Waals surface area contributed by atoms with E-state index < -0.39 is 11.8 Å². The highest BCUT2D eigenvalue weighted by Crippen LogP contribution is 2.50. The molecule has 4 aliphatic rings. The third-order valence-electron chi connectivity index (χ3n) is 8.08. The summed E-state index contributed by atoms with van der Waals surface area (Å²) in [6.45, 7) is 2.04. The summed E-state index contributed by atoms with van der Waals surface area (Å²) in [5.41, 5.74) is 4.05. The molecule has 0 radical (unpaired) electrons. The number of benzene rings is 2. The Morgan fingerprint density at radius 3 is 2.51 bits per heavy atom. The molecule has 0 aromatic heterocycles. The molecule has 2 aromatic carbocycles. The maximum absolute atomic E-state index is 13.9. The summed E-state index contributed by atoms with van der Waals surface area (Å²) in [6, 6.07) is 13.9. The van der Waals surface area contributed by atoms with E-state index in [0.29, 0.717) is 35.6 Å². The minimum Gasteiger partial charge on any atom is -0.462 e. The van der Waals surface area contributed by atoms with Crippen LogP contribution in [-0.4, -0.2) is 30.4 Å². The standard InChI is InChI=1S/C30H30BrNO5/c1-17-27(30(34)37-20-10-6-3-7-11-20)28(21-14-25-26(15-22(21)31)36-16-35-25)29-23(32-17)12-19(13-24(29)33)18-8-4-2-5-9-18/h2,4-5,8-9,14-15,19-20,27-28H,3,6-7,10-13,16H2,1H3. The number of hydrogen-bond acceptors (Lipinski definition) is 6. The first kappa shape index (κ1) is 24.4. The van der Waals surface area contributed by atoms with Gasteiger partial charge in [-0.25, -0.2) is 0 Å². The molecule has 2 aliphatic heterocycles. The van der Waals surface area contributed by atoms with Gasteiger partial charge < -0.3 is 14.2 Å². The topological polar surface area (TPSA) is 74.2 Å². The maximum atomic E-state index is 13.9. The molecule has 1 saturated carbocycles. The zero-order chi connectivity index (χ0) is 25.5. The van der Waals surface area contributed by atoms with Gasteiger partial charge in [-0.15, -0.1) is 0 Å². The zero-order valence-corrected chi connectivity index (χ0v) is 22.5. The van der Waals surface area contributed by atoms with Gasteiger partial charge in [0.1, 0.15) is 12.0 Å². The minimum atomic E-state index is -0.672. The molecule has 7 heteroatoms. The lowest BCUT2D eigenvalue weighted by molar-refractivity contribution is -0.153. The van der Waals surface area contributed by atoms with E-state index in [-0.39, 0.29) is 30.6 Å². The monoisotopic (exact) mass is 563 g/mol. The molecular formula is C30H30BrNO5. The van der Waals surface area contributed by atoms with E-state index in [1.807, 2.05) is 37.3 Å². The smallest absolute Gasteiger partial charge is 0.315 e. The second kappa shape index (κ2) is 10.1. The predicted octanol–water partition coefficient (Wildman–Crippen LogP) is 6.63. The normalized spacial score (nSPS) is 25.5. The Hall–Kier alpha value is -2.93. The van der Waals surface area contributed by atoms with Crippen LogP contribution in [0.5, 0.6) is 11.5 Å². The molecule has 1 fully saturated rings. The van der Waals surface area contributed by atoms with E-state index >= 15 is 0 Å². The fourth-order valence-corrected chi connectivity index (χ4v) is 6.82. The van der Waals surface area contributed by atoms with E-state index in [2.05, 4.69) is 28.1 Å². The largest absolute Gasteiger partial charge is 0.462 e. The molecule has 3 atom stereocenters. The number of ether oxygens (including phenoxy) is 3. The van der Waals surface area contributed by atoms with Crippen LogP contribution in [0.25, 0.3) is 0 Å². The average Bonchev–Trinajstić information content (AvgIpc) is 3.35. The van der Waals surface area contributed by atoms with Crippen molar-refractivity contribution in [1.29, 1.82) is 0 Å². The first-order valence-corrected chi connectivity index (χ1v) is 13.9. The number of fused-ring (bicyclic) bond motifs is 1. The van der Waals surface area contributed by atoms with Gasteiger partial charge in [-0.3, -0.25) is 14.6 Å². The Bertz CT molecular complexity index is 1290. The van der Waals surface area contributed by atoms with Crippen LogP contribution in [0.15, 0.2) is 63.2 Å². The van der Waals surface area contributed by atoms with Gasteiger partial charge in [0.05, 0.1) is 0 Å². The van der Waals surface area contributed by atoms with Crippen molar-refractivity contribution < 1.29 is 23.8 Å². The molecule has 0 N–H and O–H groups in total. The summed E-state index contributed by atoms with van der Waals surface area (Å²) >= 11 is 3.70. The second-order valence-electron chi connectivity index (χ2n) is 10.4. The minimum absolute atomic E-state index is 0.0383. The van der Waals surface area contributed by atoms with Crippen LogP contribution in [0, 0.1) is 5.92 Å². The lowest BCUT2D eigenvalue weighted by Gasteiger charge is -2.37. The summed E-state index contributed by atoms with van der Waals surface area (Å²) in [7, 11) is 0. The number of carbonyl (C=O) groups is 2. The first-order valence-electron chi connectivity index (χ1n) is 13.2. The lowest BCUT2D eigenvalue weighted by atomic mass is 9.69. The third-order valence-corrected chi connectivity index (χ3v) is 8.76. The van der Waals surface area contributed by atoms with Crippen LogP contribution in [-0.2, 0) is 14.3 Å². The molecule has 2 aromatic rings. The van der Waals surface area contributed by atoms with E-state index in [0.717, 1.165) is 47.0 Å². The molecule has 6 nitrogen and oxygen atoms in total. The molecule has 0 bridgehead atoms.